The van der Waals surface area contributed by atoms with Crippen LogP contribution >= 0.6 is 0 Å². The number of hydrogen-bond donors (Lipinski definition) is 1. The van der Waals surface area contributed by atoms with Gasteiger partial charge in [-0.15, -0.1) is 0 Å². The second-order valence-electron chi connectivity index (χ2n) is 4.85. The van der Waals surface area contributed by atoms with Crippen molar-refractivity contribution in [2.45, 2.75) is 30.7 Å². The van der Waals surface area contributed by atoms with E-state index in [1.165, 1.54) is 4.31 Å². The fourth-order valence-electron chi connectivity index (χ4n) is 2.41. The number of nitro groups is 1. The van der Waals surface area contributed by atoms with Gasteiger partial charge in [0.1, 0.15) is 0 Å². The maximum Gasteiger partial charge on any atom is 0.337 e. The molecular formula is C12H14N2O6S. The van der Waals surface area contributed by atoms with Crippen LogP contribution in [0.1, 0.15) is 30.1 Å². The number of nitro benzene ring substituents is 1. The third-order valence-electron chi connectivity index (χ3n) is 3.48. The summed E-state index contributed by atoms with van der Waals surface area (Å²) in [6, 6.07) is 2.55. The van der Waals surface area contributed by atoms with Gasteiger partial charge in [-0.1, -0.05) is 0 Å². The Morgan fingerprint density at radius 1 is 1.48 bits per heavy atom. The van der Waals surface area contributed by atoms with Crippen molar-refractivity contribution < 1.29 is 23.2 Å². The number of benzene rings is 1. The molecule has 0 saturated carbocycles. The summed E-state index contributed by atoms with van der Waals surface area (Å²) in [6.07, 6.45) is 1.41. The van der Waals surface area contributed by atoms with E-state index in [1.54, 1.807) is 6.92 Å². The Kier molecular flexibility index (Phi) is 3.97. The van der Waals surface area contributed by atoms with Crippen LogP contribution in [0.2, 0.25) is 0 Å². The molecule has 8 nitrogen and oxygen atoms in total. The lowest BCUT2D eigenvalue weighted by molar-refractivity contribution is -0.384. The van der Waals surface area contributed by atoms with Gasteiger partial charge in [-0.2, -0.15) is 4.31 Å². The number of sulfonamides is 1. The summed E-state index contributed by atoms with van der Waals surface area (Å²) in [5.74, 6) is -1.51. The molecule has 1 unspecified atom stereocenters. The average molecular weight is 314 g/mol. The van der Waals surface area contributed by atoms with Crippen molar-refractivity contribution in [1.82, 2.24) is 4.31 Å². The topological polar surface area (TPSA) is 118 Å². The SMILES string of the molecule is CC1CCCN1S(=O)(=O)c1ccc([N+](=O)[O-])cc1C(=O)O. The first-order valence-electron chi connectivity index (χ1n) is 6.28. The predicted molar refractivity (Wildman–Crippen MR) is 72.6 cm³/mol. The second-order valence-corrected chi connectivity index (χ2v) is 6.71. The van der Waals surface area contributed by atoms with Crippen LogP contribution in [-0.4, -0.2) is 41.3 Å². The molecule has 1 saturated heterocycles. The Hall–Kier alpha value is -2.00. The Balaban J connectivity index is 2.57. The van der Waals surface area contributed by atoms with Gasteiger partial charge in [0.05, 0.1) is 15.4 Å². The van der Waals surface area contributed by atoms with Crippen molar-refractivity contribution in [3.8, 4) is 0 Å². The molecule has 1 N–H and O–H groups in total. The summed E-state index contributed by atoms with van der Waals surface area (Å²) in [5.41, 5.74) is -1.04. The molecule has 0 spiro atoms. The molecule has 0 bridgehead atoms. The highest BCUT2D eigenvalue weighted by Gasteiger charge is 2.35. The fourth-order valence-corrected chi connectivity index (χ4v) is 4.28. The number of hydrogen-bond acceptors (Lipinski definition) is 5. The highest BCUT2D eigenvalue weighted by molar-refractivity contribution is 7.89. The van der Waals surface area contributed by atoms with E-state index in [1.807, 2.05) is 0 Å². The van der Waals surface area contributed by atoms with Crippen LogP contribution in [0.3, 0.4) is 0 Å². The van der Waals surface area contributed by atoms with Crippen LogP contribution in [0.4, 0.5) is 5.69 Å². The van der Waals surface area contributed by atoms with Crippen molar-refractivity contribution in [1.29, 1.82) is 0 Å². The van der Waals surface area contributed by atoms with Gasteiger partial charge < -0.3 is 5.11 Å². The maximum atomic E-state index is 12.5. The zero-order chi connectivity index (χ0) is 15.8. The van der Waals surface area contributed by atoms with Gasteiger partial charge >= 0.3 is 5.97 Å². The van der Waals surface area contributed by atoms with E-state index < -0.39 is 37.1 Å². The molecule has 0 aromatic heterocycles. The maximum absolute atomic E-state index is 12.5. The van der Waals surface area contributed by atoms with E-state index in [-0.39, 0.29) is 6.04 Å². The van der Waals surface area contributed by atoms with Gasteiger partial charge in [0.15, 0.2) is 0 Å². The molecule has 0 aliphatic carbocycles. The molecule has 114 valence electrons. The van der Waals surface area contributed by atoms with Crippen molar-refractivity contribution in [3.63, 3.8) is 0 Å². The van der Waals surface area contributed by atoms with Crippen molar-refractivity contribution in [3.05, 3.63) is 33.9 Å². The minimum absolute atomic E-state index is 0.216. The molecule has 21 heavy (non-hydrogen) atoms. The molecule has 1 aliphatic rings. The predicted octanol–water partition coefficient (Wildman–Crippen LogP) is 1.47. The van der Waals surface area contributed by atoms with Crippen LogP contribution in [0, 0.1) is 10.1 Å². The monoisotopic (exact) mass is 314 g/mol. The Labute approximate surface area is 121 Å². The third kappa shape index (κ3) is 2.74. The molecule has 2 rings (SSSR count). The summed E-state index contributed by atoms with van der Waals surface area (Å²) >= 11 is 0. The minimum atomic E-state index is -3.98. The van der Waals surface area contributed by atoms with Gasteiger partial charge in [-0.05, 0) is 25.8 Å². The highest BCUT2D eigenvalue weighted by atomic mass is 32.2. The summed E-state index contributed by atoms with van der Waals surface area (Å²) < 4.78 is 26.3. The largest absolute Gasteiger partial charge is 0.478 e. The van der Waals surface area contributed by atoms with E-state index in [2.05, 4.69) is 0 Å². The highest BCUT2D eigenvalue weighted by Crippen LogP contribution is 2.29. The first-order valence-corrected chi connectivity index (χ1v) is 7.72. The Bertz CT molecular complexity index is 700. The first kappa shape index (κ1) is 15.4. The number of non-ortho nitro benzene ring substituents is 1. The summed E-state index contributed by atoms with van der Waals surface area (Å²) in [6.45, 7) is 2.07. The summed E-state index contributed by atoms with van der Waals surface area (Å²) in [7, 11) is -3.98. The first-order chi connectivity index (χ1) is 9.75. The van der Waals surface area contributed by atoms with Crippen molar-refractivity contribution in [2.24, 2.45) is 0 Å². The number of carboxylic acids is 1. The number of rotatable bonds is 4. The third-order valence-corrected chi connectivity index (χ3v) is 5.55. The summed E-state index contributed by atoms with van der Waals surface area (Å²) in [4.78, 5) is 20.8. The van der Waals surface area contributed by atoms with Gasteiger partial charge in [-0.25, -0.2) is 13.2 Å². The van der Waals surface area contributed by atoms with Crippen molar-refractivity contribution in [2.75, 3.05) is 6.54 Å². The molecule has 1 atom stereocenters. The quantitative estimate of drug-likeness (QED) is 0.664. The van der Waals surface area contributed by atoms with Crippen LogP contribution in [-0.2, 0) is 10.0 Å². The van der Waals surface area contributed by atoms with Gasteiger partial charge in [0.25, 0.3) is 5.69 Å². The molecule has 1 aromatic rings. The molecule has 9 heteroatoms. The molecule has 0 amide bonds. The molecule has 1 aliphatic heterocycles. The minimum Gasteiger partial charge on any atom is -0.478 e. The second kappa shape index (κ2) is 5.41. The fraction of sp³-hybridized carbons (Fsp3) is 0.417. The van der Waals surface area contributed by atoms with Crippen molar-refractivity contribution >= 4 is 21.7 Å². The number of nitrogens with zero attached hydrogens (tertiary/aromatic N) is 2. The van der Waals surface area contributed by atoms with E-state index in [0.717, 1.165) is 18.2 Å². The standard InChI is InChI=1S/C12H14N2O6S/c1-8-3-2-6-13(8)21(19,20)11-5-4-9(14(17)18)7-10(11)12(15)16/h4-5,7-8H,2-3,6H2,1H3,(H,15,16). The molecule has 1 fully saturated rings. The molecular weight excluding hydrogens is 300 g/mol. The van der Waals surface area contributed by atoms with Crippen LogP contribution in [0.25, 0.3) is 0 Å². The summed E-state index contributed by atoms with van der Waals surface area (Å²) in [5, 5.41) is 19.8. The van der Waals surface area contributed by atoms with E-state index in [4.69, 9.17) is 5.11 Å². The molecule has 1 heterocycles. The Morgan fingerprint density at radius 3 is 2.62 bits per heavy atom. The lowest BCUT2D eigenvalue weighted by Gasteiger charge is -2.21. The Morgan fingerprint density at radius 2 is 2.14 bits per heavy atom. The zero-order valence-electron chi connectivity index (χ0n) is 11.2. The lowest BCUT2D eigenvalue weighted by atomic mass is 10.2. The molecule has 1 aromatic carbocycles. The molecule has 0 radical (unpaired) electrons. The van der Waals surface area contributed by atoms with E-state index in [0.29, 0.717) is 19.4 Å². The number of carboxylic acid groups (broad SMARTS) is 1. The normalized spacial score (nSPS) is 19.6. The van der Waals surface area contributed by atoms with Gasteiger partial charge in [0.2, 0.25) is 10.0 Å². The number of carbonyl (C=O) groups is 1. The van der Waals surface area contributed by atoms with Gasteiger partial charge in [0, 0.05) is 24.7 Å². The smallest absolute Gasteiger partial charge is 0.337 e. The average Bonchev–Trinajstić information content (AvgIpc) is 2.84. The zero-order valence-corrected chi connectivity index (χ0v) is 12.0. The number of aromatic carboxylic acids is 1. The van der Waals surface area contributed by atoms with Crippen LogP contribution in [0.5, 0.6) is 0 Å². The lowest BCUT2D eigenvalue weighted by Crippen LogP contribution is -2.34. The van der Waals surface area contributed by atoms with E-state index in [9.17, 15) is 23.3 Å². The van der Waals surface area contributed by atoms with Crippen LogP contribution < -0.4 is 0 Å². The van der Waals surface area contributed by atoms with Crippen LogP contribution in [0.15, 0.2) is 23.1 Å². The van der Waals surface area contributed by atoms with E-state index >= 15 is 0 Å². The van der Waals surface area contributed by atoms with Gasteiger partial charge in [-0.3, -0.25) is 10.1 Å².